The van der Waals surface area contributed by atoms with Gasteiger partial charge in [0, 0.05) is 16.5 Å². The van der Waals surface area contributed by atoms with Crippen molar-refractivity contribution in [2.24, 2.45) is 0 Å². The molecule has 2 aromatic rings. The van der Waals surface area contributed by atoms with Gasteiger partial charge in [0.25, 0.3) is 0 Å². The number of rotatable bonds is 8. The molecule has 1 aromatic carbocycles. The summed E-state index contributed by atoms with van der Waals surface area (Å²) in [7, 11) is 0. The first-order valence-electron chi connectivity index (χ1n) is 9.09. The fraction of sp³-hybridized carbons (Fsp3) is 0.524. The fourth-order valence-electron chi connectivity index (χ4n) is 2.99. The normalized spacial score (nSPS) is 12.4. The maximum atomic E-state index is 12.5. The molecule has 4 nitrogen and oxygen atoms in total. The lowest BCUT2D eigenvalue weighted by Crippen LogP contribution is -2.21. The van der Waals surface area contributed by atoms with Crippen LogP contribution in [0.1, 0.15) is 63.1 Å². The lowest BCUT2D eigenvalue weighted by atomic mass is 9.99. The highest BCUT2D eigenvalue weighted by atomic mass is 16.5. The first-order valence-corrected chi connectivity index (χ1v) is 9.09. The van der Waals surface area contributed by atoms with Gasteiger partial charge < -0.3 is 9.15 Å². The number of ketones is 1. The molecule has 1 atom stereocenters. The molecule has 1 heterocycles. The van der Waals surface area contributed by atoms with Crippen molar-refractivity contribution in [2.45, 2.75) is 72.8 Å². The van der Waals surface area contributed by atoms with Gasteiger partial charge in [-0.25, -0.2) is 4.79 Å². The van der Waals surface area contributed by atoms with E-state index in [-0.39, 0.29) is 11.4 Å². The summed E-state index contributed by atoms with van der Waals surface area (Å²) < 4.78 is 11.3. The predicted molar refractivity (Wildman–Crippen MR) is 101 cm³/mol. The average Bonchev–Trinajstić information content (AvgIpc) is 2.57. The minimum Gasteiger partial charge on any atom is -0.483 e. The van der Waals surface area contributed by atoms with Crippen LogP contribution in [0.2, 0.25) is 0 Å². The highest BCUT2D eigenvalue weighted by Gasteiger charge is 2.17. The summed E-state index contributed by atoms with van der Waals surface area (Å²) in [4.78, 5) is 23.9. The zero-order valence-electron chi connectivity index (χ0n) is 15.9. The highest BCUT2D eigenvalue weighted by molar-refractivity contribution is 5.86. The first kappa shape index (κ1) is 19.2. The molecule has 0 saturated heterocycles. The van der Waals surface area contributed by atoms with Gasteiger partial charge in [-0.1, -0.05) is 26.2 Å². The molecule has 1 aromatic heterocycles. The zero-order chi connectivity index (χ0) is 18.6. The number of carbonyl (C=O) groups is 1. The molecule has 0 fully saturated rings. The smallest absolute Gasteiger partial charge is 0.339 e. The quantitative estimate of drug-likeness (QED) is 0.505. The Hall–Kier alpha value is -2.10. The topological polar surface area (TPSA) is 56.5 Å². The molecule has 4 heteroatoms. The molecule has 25 heavy (non-hydrogen) atoms. The molecule has 0 aliphatic carbocycles. The van der Waals surface area contributed by atoms with E-state index in [1.165, 1.54) is 19.8 Å². The molecule has 0 saturated carbocycles. The third kappa shape index (κ3) is 4.30. The van der Waals surface area contributed by atoms with Crippen LogP contribution in [0.4, 0.5) is 0 Å². The Balaban J connectivity index is 2.39. The molecular formula is C21H28O4. The zero-order valence-corrected chi connectivity index (χ0v) is 15.9. The van der Waals surface area contributed by atoms with Gasteiger partial charge in [0.15, 0.2) is 11.9 Å². The second-order valence-corrected chi connectivity index (χ2v) is 6.74. The minimum absolute atomic E-state index is 0.0421. The Morgan fingerprint density at radius 3 is 2.52 bits per heavy atom. The van der Waals surface area contributed by atoms with Gasteiger partial charge >= 0.3 is 5.63 Å². The molecule has 0 unspecified atom stereocenters. The van der Waals surface area contributed by atoms with Crippen LogP contribution < -0.4 is 10.4 Å². The van der Waals surface area contributed by atoms with Gasteiger partial charge in [-0.2, -0.15) is 0 Å². The van der Waals surface area contributed by atoms with Crippen molar-refractivity contribution in [3.63, 3.8) is 0 Å². The summed E-state index contributed by atoms with van der Waals surface area (Å²) in [5.41, 5.74) is 2.79. The molecule has 0 spiro atoms. The number of hydrogen-bond donors (Lipinski definition) is 0. The SMILES string of the molecule is CCCCCCc1c(C)c2ccc(O[C@@H](C)C(C)=O)c(C)c2oc1=O. The maximum absolute atomic E-state index is 12.5. The predicted octanol–water partition coefficient (Wildman–Crippen LogP) is 4.89. The van der Waals surface area contributed by atoms with Gasteiger partial charge in [0.2, 0.25) is 0 Å². The molecule has 0 radical (unpaired) electrons. The van der Waals surface area contributed by atoms with E-state index in [2.05, 4.69) is 6.92 Å². The van der Waals surface area contributed by atoms with Gasteiger partial charge in [-0.15, -0.1) is 0 Å². The van der Waals surface area contributed by atoms with Crippen LogP contribution in [0.5, 0.6) is 5.75 Å². The van der Waals surface area contributed by atoms with Crippen molar-refractivity contribution in [3.8, 4) is 5.75 Å². The minimum atomic E-state index is -0.526. The largest absolute Gasteiger partial charge is 0.483 e. The molecular weight excluding hydrogens is 316 g/mol. The highest BCUT2D eigenvalue weighted by Crippen LogP contribution is 2.30. The van der Waals surface area contributed by atoms with Crippen LogP contribution in [0.25, 0.3) is 11.0 Å². The number of Topliss-reactive ketones (excluding diaryl/α,β-unsaturated/α-hetero) is 1. The van der Waals surface area contributed by atoms with Crippen molar-refractivity contribution in [3.05, 3.63) is 39.2 Å². The Labute approximate surface area is 149 Å². The average molecular weight is 344 g/mol. The van der Waals surface area contributed by atoms with E-state index in [1.807, 2.05) is 26.0 Å². The van der Waals surface area contributed by atoms with Gasteiger partial charge in [0.05, 0.1) is 0 Å². The Morgan fingerprint density at radius 1 is 1.16 bits per heavy atom. The van der Waals surface area contributed by atoms with E-state index in [4.69, 9.17) is 9.15 Å². The molecule has 0 aliphatic heterocycles. The number of aryl methyl sites for hydroxylation is 2. The van der Waals surface area contributed by atoms with E-state index in [1.54, 1.807) is 6.92 Å². The second-order valence-electron chi connectivity index (χ2n) is 6.74. The van der Waals surface area contributed by atoms with E-state index in [9.17, 15) is 9.59 Å². The third-order valence-corrected chi connectivity index (χ3v) is 4.81. The summed E-state index contributed by atoms with van der Waals surface area (Å²) in [6.07, 6.45) is 4.71. The van der Waals surface area contributed by atoms with E-state index in [0.29, 0.717) is 11.3 Å². The molecule has 0 amide bonds. The summed E-state index contributed by atoms with van der Waals surface area (Å²) in [5, 5.41) is 0.936. The summed E-state index contributed by atoms with van der Waals surface area (Å²) in [5.74, 6) is 0.535. The van der Waals surface area contributed by atoms with Crippen LogP contribution in [0, 0.1) is 13.8 Å². The number of carbonyl (C=O) groups excluding carboxylic acids is 1. The van der Waals surface area contributed by atoms with Crippen LogP contribution in [0.15, 0.2) is 21.3 Å². The molecule has 0 bridgehead atoms. The fourth-order valence-corrected chi connectivity index (χ4v) is 2.99. The van der Waals surface area contributed by atoms with Crippen molar-refractivity contribution in [2.75, 3.05) is 0 Å². The number of fused-ring (bicyclic) bond motifs is 1. The van der Waals surface area contributed by atoms with Crippen molar-refractivity contribution >= 4 is 16.8 Å². The van der Waals surface area contributed by atoms with E-state index in [0.717, 1.165) is 41.3 Å². The molecule has 2 rings (SSSR count). The van der Waals surface area contributed by atoms with Crippen molar-refractivity contribution in [1.82, 2.24) is 0 Å². The first-order chi connectivity index (χ1) is 11.9. The van der Waals surface area contributed by atoms with Gasteiger partial charge in [-0.05, 0) is 58.2 Å². The standard InChI is InChI=1S/C21H28O4/c1-6-7-8-9-10-18-13(2)17-11-12-19(24-16(5)15(4)22)14(3)20(17)25-21(18)23/h11-12,16H,6-10H2,1-5H3/t16-/m0/s1. The summed E-state index contributed by atoms with van der Waals surface area (Å²) in [6.45, 7) is 9.22. The van der Waals surface area contributed by atoms with E-state index >= 15 is 0 Å². The van der Waals surface area contributed by atoms with Gasteiger partial charge in [0.1, 0.15) is 11.3 Å². The van der Waals surface area contributed by atoms with Crippen LogP contribution >= 0.6 is 0 Å². The lowest BCUT2D eigenvalue weighted by molar-refractivity contribution is -0.122. The van der Waals surface area contributed by atoms with Crippen LogP contribution in [0.3, 0.4) is 0 Å². The Kier molecular flexibility index (Phi) is 6.40. The Morgan fingerprint density at radius 2 is 1.88 bits per heavy atom. The Bertz CT molecular complexity index is 817. The summed E-state index contributed by atoms with van der Waals surface area (Å²) >= 11 is 0. The number of hydrogen-bond acceptors (Lipinski definition) is 4. The van der Waals surface area contributed by atoms with Crippen molar-refractivity contribution in [1.29, 1.82) is 0 Å². The molecule has 0 N–H and O–H groups in total. The van der Waals surface area contributed by atoms with Crippen LogP contribution in [-0.4, -0.2) is 11.9 Å². The number of unbranched alkanes of at least 4 members (excludes halogenated alkanes) is 3. The van der Waals surface area contributed by atoms with Crippen LogP contribution in [-0.2, 0) is 11.2 Å². The maximum Gasteiger partial charge on any atom is 0.339 e. The monoisotopic (exact) mass is 344 g/mol. The van der Waals surface area contributed by atoms with Crippen molar-refractivity contribution < 1.29 is 13.9 Å². The van der Waals surface area contributed by atoms with Gasteiger partial charge in [-0.3, -0.25) is 4.79 Å². The molecule has 0 aliphatic rings. The number of ether oxygens (including phenoxy) is 1. The number of benzene rings is 1. The summed E-state index contributed by atoms with van der Waals surface area (Å²) in [6, 6.07) is 3.77. The third-order valence-electron chi connectivity index (χ3n) is 4.81. The van der Waals surface area contributed by atoms with E-state index < -0.39 is 6.10 Å². The lowest BCUT2D eigenvalue weighted by Gasteiger charge is -2.16. The molecule has 136 valence electrons. The second kappa shape index (κ2) is 8.32.